The molecule has 124 valence electrons. The first-order chi connectivity index (χ1) is 11.2. The molecular formula is C18H24FN3S. The van der Waals surface area contributed by atoms with Gasteiger partial charge in [0.25, 0.3) is 0 Å². The highest BCUT2D eigenvalue weighted by atomic mass is 32.1. The standard InChI is InChI=1S/C18H24FN3S/c19-12-4-6-13(7-5-12)20-18(23)21-14-10-16-2-1-3-17(11-14)22(16)15-8-9-15/h4-7,14-17H,1-3,8-11H2,(H2,20,21,23)/t14?,16-,17+. The van der Waals surface area contributed by atoms with E-state index in [2.05, 4.69) is 15.5 Å². The Kier molecular flexibility index (Phi) is 4.24. The number of fused-ring (bicyclic) bond motifs is 2. The third kappa shape index (κ3) is 3.50. The topological polar surface area (TPSA) is 27.3 Å². The molecule has 2 heterocycles. The van der Waals surface area contributed by atoms with Crippen LogP contribution in [0.5, 0.6) is 0 Å². The van der Waals surface area contributed by atoms with Crippen LogP contribution in [0.1, 0.15) is 44.9 Å². The van der Waals surface area contributed by atoms with Crippen LogP contribution in [0, 0.1) is 5.82 Å². The minimum atomic E-state index is -0.227. The molecule has 5 heteroatoms. The maximum Gasteiger partial charge on any atom is 0.170 e. The fourth-order valence-electron chi connectivity index (χ4n) is 4.39. The Morgan fingerprint density at radius 1 is 1.00 bits per heavy atom. The molecule has 3 fully saturated rings. The van der Waals surface area contributed by atoms with Crippen molar-refractivity contribution < 1.29 is 4.39 Å². The molecule has 3 aliphatic rings. The number of rotatable bonds is 3. The first-order valence-corrected chi connectivity index (χ1v) is 9.20. The number of piperidine rings is 2. The molecular weight excluding hydrogens is 309 g/mol. The zero-order valence-corrected chi connectivity index (χ0v) is 14.1. The fourth-order valence-corrected chi connectivity index (χ4v) is 4.67. The summed E-state index contributed by atoms with van der Waals surface area (Å²) in [6, 6.07) is 9.13. The largest absolute Gasteiger partial charge is 0.360 e. The van der Waals surface area contributed by atoms with Gasteiger partial charge in [-0.1, -0.05) is 6.42 Å². The predicted molar refractivity (Wildman–Crippen MR) is 95.1 cm³/mol. The van der Waals surface area contributed by atoms with Gasteiger partial charge in [0.2, 0.25) is 0 Å². The molecule has 2 N–H and O–H groups in total. The number of anilines is 1. The van der Waals surface area contributed by atoms with Crippen molar-refractivity contribution in [2.75, 3.05) is 5.32 Å². The third-order valence-electron chi connectivity index (χ3n) is 5.44. The Hall–Kier alpha value is -1.20. The second kappa shape index (κ2) is 6.36. The maximum absolute atomic E-state index is 13.0. The molecule has 4 rings (SSSR count). The lowest BCUT2D eigenvalue weighted by atomic mass is 9.81. The summed E-state index contributed by atoms with van der Waals surface area (Å²) in [7, 11) is 0. The summed E-state index contributed by atoms with van der Waals surface area (Å²) in [5.41, 5.74) is 0.833. The second-order valence-electron chi connectivity index (χ2n) is 7.19. The van der Waals surface area contributed by atoms with Crippen LogP contribution in [0.15, 0.2) is 24.3 Å². The van der Waals surface area contributed by atoms with Gasteiger partial charge in [-0.05, 0) is 75.0 Å². The minimum absolute atomic E-state index is 0.227. The first-order valence-electron chi connectivity index (χ1n) is 8.79. The van der Waals surface area contributed by atoms with Crippen molar-refractivity contribution in [3.05, 3.63) is 30.1 Å². The van der Waals surface area contributed by atoms with Crippen LogP contribution in [0.2, 0.25) is 0 Å². The molecule has 1 aliphatic carbocycles. The van der Waals surface area contributed by atoms with Crippen molar-refractivity contribution in [3.8, 4) is 0 Å². The molecule has 1 aromatic carbocycles. The van der Waals surface area contributed by atoms with Crippen molar-refractivity contribution in [1.82, 2.24) is 10.2 Å². The summed E-state index contributed by atoms with van der Waals surface area (Å²) in [4.78, 5) is 2.82. The lowest BCUT2D eigenvalue weighted by Gasteiger charge is -2.49. The van der Waals surface area contributed by atoms with Gasteiger partial charge in [-0.2, -0.15) is 0 Å². The third-order valence-corrected chi connectivity index (χ3v) is 5.66. The van der Waals surface area contributed by atoms with E-state index in [4.69, 9.17) is 12.2 Å². The average molecular weight is 333 g/mol. The molecule has 1 saturated carbocycles. The summed E-state index contributed by atoms with van der Waals surface area (Å²) < 4.78 is 13.0. The summed E-state index contributed by atoms with van der Waals surface area (Å²) in [6.45, 7) is 0. The molecule has 0 spiro atoms. The maximum atomic E-state index is 13.0. The van der Waals surface area contributed by atoms with Gasteiger partial charge in [0, 0.05) is 29.9 Å². The SMILES string of the molecule is Fc1ccc(NC(=S)NC2C[C@H]3CCC[C@@H](C2)N3C2CC2)cc1. The van der Waals surface area contributed by atoms with Crippen molar-refractivity contribution >= 4 is 23.0 Å². The van der Waals surface area contributed by atoms with E-state index in [1.807, 2.05) is 0 Å². The highest BCUT2D eigenvalue weighted by Gasteiger charge is 2.44. The summed E-state index contributed by atoms with van der Waals surface area (Å²) >= 11 is 5.45. The molecule has 0 aromatic heterocycles. The first kappa shape index (κ1) is 15.3. The number of thiocarbonyl (C=S) groups is 1. The zero-order chi connectivity index (χ0) is 15.8. The van der Waals surface area contributed by atoms with E-state index in [0.29, 0.717) is 11.2 Å². The summed E-state index contributed by atoms with van der Waals surface area (Å²) in [5.74, 6) is -0.227. The van der Waals surface area contributed by atoms with Gasteiger partial charge in [0.05, 0.1) is 0 Å². The monoisotopic (exact) mass is 333 g/mol. The zero-order valence-electron chi connectivity index (χ0n) is 13.3. The van der Waals surface area contributed by atoms with Gasteiger partial charge in [0.15, 0.2) is 5.11 Å². The van der Waals surface area contributed by atoms with Crippen LogP contribution in [0.25, 0.3) is 0 Å². The Bertz CT molecular complexity index is 558. The number of nitrogens with one attached hydrogen (secondary N) is 2. The van der Waals surface area contributed by atoms with E-state index in [1.165, 1.54) is 57.1 Å². The molecule has 2 aliphatic heterocycles. The molecule has 1 unspecified atom stereocenters. The number of hydrogen-bond donors (Lipinski definition) is 2. The highest BCUT2D eigenvalue weighted by Crippen LogP contribution is 2.41. The molecule has 2 saturated heterocycles. The predicted octanol–water partition coefficient (Wildman–Crippen LogP) is 3.66. The minimum Gasteiger partial charge on any atom is -0.360 e. The van der Waals surface area contributed by atoms with E-state index in [0.717, 1.165) is 23.8 Å². The van der Waals surface area contributed by atoms with Crippen LogP contribution < -0.4 is 10.6 Å². The van der Waals surface area contributed by atoms with E-state index < -0.39 is 0 Å². The number of nitrogens with zero attached hydrogens (tertiary/aromatic N) is 1. The van der Waals surface area contributed by atoms with Crippen LogP contribution in [-0.4, -0.2) is 34.2 Å². The molecule has 0 radical (unpaired) electrons. The van der Waals surface area contributed by atoms with Crippen molar-refractivity contribution in [1.29, 1.82) is 0 Å². The second-order valence-corrected chi connectivity index (χ2v) is 7.60. The lowest BCUT2D eigenvalue weighted by molar-refractivity contribution is 0.0209. The molecule has 3 atom stereocenters. The molecule has 3 nitrogen and oxygen atoms in total. The van der Waals surface area contributed by atoms with E-state index in [1.54, 1.807) is 12.1 Å². The van der Waals surface area contributed by atoms with Crippen LogP contribution in [0.4, 0.5) is 10.1 Å². The van der Waals surface area contributed by atoms with E-state index in [-0.39, 0.29) is 5.82 Å². The van der Waals surface area contributed by atoms with Crippen LogP contribution in [-0.2, 0) is 0 Å². The van der Waals surface area contributed by atoms with Crippen LogP contribution in [0.3, 0.4) is 0 Å². The smallest absolute Gasteiger partial charge is 0.170 e. The van der Waals surface area contributed by atoms with Gasteiger partial charge in [-0.3, -0.25) is 4.90 Å². The Morgan fingerprint density at radius 3 is 2.26 bits per heavy atom. The quantitative estimate of drug-likeness (QED) is 0.826. The van der Waals surface area contributed by atoms with Crippen molar-refractivity contribution in [3.63, 3.8) is 0 Å². The Labute approximate surface area is 142 Å². The normalized spacial score (nSPS) is 30.7. The molecule has 2 bridgehead atoms. The van der Waals surface area contributed by atoms with Gasteiger partial charge in [-0.25, -0.2) is 4.39 Å². The number of benzene rings is 1. The van der Waals surface area contributed by atoms with Gasteiger partial charge in [0.1, 0.15) is 5.82 Å². The summed E-state index contributed by atoms with van der Waals surface area (Å²) in [5, 5.41) is 7.31. The number of hydrogen-bond acceptors (Lipinski definition) is 2. The average Bonchev–Trinajstić information content (AvgIpc) is 3.33. The van der Waals surface area contributed by atoms with Gasteiger partial charge in [-0.15, -0.1) is 0 Å². The van der Waals surface area contributed by atoms with E-state index >= 15 is 0 Å². The fraction of sp³-hybridized carbons (Fsp3) is 0.611. The number of halogens is 1. The Balaban J connectivity index is 1.34. The van der Waals surface area contributed by atoms with Crippen LogP contribution >= 0.6 is 12.2 Å². The molecule has 23 heavy (non-hydrogen) atoms. The highest BCUT2D eigenvalue weighted by molar-refractivity contribution is 7.80. The summed E-state index contributed by atoms with van der Waals surface area (Å²) in [6.07, 6.45) is 9.23. The van der Waals surface area contributed by atoms with Gasteiger partial charge < -0.3 is 10.6 Å². The lowest BCUT2D eigenvalue weighted by Crippen LogP contribution is -2.57. The molecule has 0 amide bonds. The van der Waals surface area contributed by atoms with Crippen molar-refractivity contribution in [2.24, 2.45) is 0 Å². The Morgan fingerprint density at radius 2 is 1.65 bits per heavy atom. The molecule has 1 aromatic rings. The van der Waals surface area contributed by atoms with E-state index in [9.17, 15) is 4.39 Å². The van der Waals surface area contributed by atoms with Gasteiger partial charge >= 0.3 is 0 Å². The van der Waals surface area contributed by atoms with Crippen molar-refractivity contribution in [2.45, 2.75) is 69.1 Å².